The number of nitrogens with zero attached hydrogens (tertiary/aromatic N) is 1. The van der Waals surface area contributed by atoms with Gasteiger partial charge in [0.2, 0.25) is 0 Å². The number of thioether (sulfide) groups is 1. The SMILES string of the molecule is O=C(c1cccc(F)c1)N1CCSC(c2ccccc2Cl)CC1. The van der Waals surface area contributed by atoms with Crippen molar-refractivity contribution in [3.05, 3.63) is 70.5 Å². The van der Waals surface area contributed by atoms with E-state index in [1.807, 2.05) is 36.0 Å². The molecule has 23 heavy (non-hydrogen) atoms. The van der Waals surface area contributed by atoms with E-state index in [0.29, 0.717) is 18.7 Å². The normalized spacial score (nSPS) is 18.5. The summed E-state index contributed by atoms with van der Waals surface area (Å²) in [5.74, 6) is 0.357. The van der Waals surface area contributed by atoms with E-state index in [0.717, 1.165) is 22.8 Å². The van der Waals surface area contributed by atoms with Gasteiger partial charge in [0.25, 0.3) is 5.91 Å². The van der Waals surface area contributed by atoms with Crippen molar-refractivity contribution in [2.75, 3.05) is 18.8 Å². The molecule has 1 saturated heterocycles. The highest BCUT2D eigenvalue weighted by atomic mass is 35.5. The Morgan fingerprint density at radius 3 is 2.78 bits per heavy atom. The van der Waals surface area contributed by atoms with Crippen LogP contribution in [0.2, 0.25) is 5.02 Å². The van der Waals surface area contributed by atoms with Gasteiger partial charge >= 0.3 is 0 Å². The molecule has 1 aliphatic rings. The third kappa shape index (κ3) is 3.88. The number of hydrogen-bond donors (Lipinski definition) is 0. The Kier molecular flexibility index (Phi) is 5.23. The molecule has 5 heteroatoms. The Labute approximate surface area is 144 Å². The van der Waals surface area contributed by atoms with E-state index in [1.54, 1.807) is 17.0 Å². The van der Waals surface area contributed by atoms with Gasteiger partial charge in [0.15, 0.2) is 0 Å². The fraction of sp³-hybridized carbons (Fsp3) is 0.278. The lowest BCUT2D eigenvalue weighted by Crippen LogP contribution is -2.33. The average Bonchev–Trinajstić information content (AvgIpc) is 2.80. The lowest BCUT2D eigenvalue weighted by atomic mass is 10.1. The maximum atomic E-state index is 13.3. The van der Waals surface area contributed by atoms with E-state index in [1.165, 1.54) is 12.1 Å². The molecule has 120 valence electrons. The summed E-state index contributed by atoms with van der Waals surface area (Å²) in [4.78, 5) is 14.3. The third-order valence-corrected chi connectivity index (χ3v) is 5.61. The van der Waals surface area contributed by atoms with Crippen molar-refractivity contribution in [3.63, 3.8) is 0 Å². The molecular weight excluding hydrogens is 333 g/mol. The smallest absolute Gasteiger partial charge is 0.253 e. The van der Waals surface area contributed by atoms with Crippen LogP contribution >= 0.6 is 23.4 Å². The van der Waals surface area contributed by atoms with Crippen molar-refractivity contribution in [2.45, 2.75) is 11.7 Å². The van der Waals surface area contributed by atoms with Gasteiger partial charge in [0.05, 0.1) is 0 Å². The first-order chi connectivity index (χ1) is 11.1. The zero-order chi connectivity index (χ0) is 16.2. The Morgan fingerprint density at radius 2 is 2.00 bits per heavy atom. The van der Waals surface area contributed by atoms with Crippen LogP contribution in [0.4, 0.5) is 4.39 Å². The van der Waals surface area contributed by atoms with Crippen LogP contribution in [0.3, 0.4) is 0 Å². The molecule has 3 rings (SSSR count). The second-order valence-electron chi connectivity index (χ2n) is 5.47. The van der Waals surface area contributed by atoms with Gasteiger partial charge in [-0.25, -0.2) is 4.39 Å². The molecule has 0 spiro atoms. The fourth-order valence-corrected chi connectivity index (χ4v) is 4.36. The summed E-state index contributed by atoms with van der Waals surface area (Å²) >= 11 is 8.11. The zero-order valence-electron chi connectivity index (χ0n) is 12.5. The van der Waals surface area contributed by atoms with Gasteiger partial charge in [0.1, 0.15) is 5.82 Å². The molecule has 0 saturated carbocycles. The van der Waals surface area contributed by atoms with Crippen LogP contribution in [0, 0.1) is 5.82 Å². The third-order valence-electron chi connectivity index (χ3n) is 3.95. The number of benzene rings is 2. The van der Waals surface area contributed by atoms with Gasteiger partial charge in [-0.3, -0.25) is 4.79 Å². The first-order valence-corrected chi connectivity index (χ1v) is 8.98. The molecular formula is C18H17ClFNOS. The molecule has 1 amide bonds. The summed E-state index contributed by atoms with van der Waals surface area (Å²) in [6.45, 7) is 1.32. The highest BCUT2D eigenvalue weighted by molar-refractivity contribution is 7.99. The molecule has 1 fully saturated rings. The van der Waals surface area contributed by atoms with Crippen LogP contribution in [0.15, 0.2) is 48.5 Å². The quantitative estimate of drug-likeness (QED) is 0.776. The maximum Gasteiger partial charge on any atom is 0.253 e. The van der Waals surface area contributed by atoms with Gasteiger partial charge in [0, 0.05) is 34.7 Å². The molecule has 1 aliphatic heterocycles. The van der Waals surface area contributed by atoms with Crippen molar-refractivity contribution in [3.8, 4) is 0 Å². The Hall–Kier alpha value is -1.52. The highest BCUT2D eigenvalue weighted by Crippen LogP contribution is 2.37. The molecule has 1 atom stereocenters. The van der Waals surface area contributed by atoms with Gasteiger partial charge < -0.3 is 4.90 Å². The highest BCUT2D eigenvalue weighted by Gasteiger charge is 2.24. The van der Waals surface area contributed by atoms with Crippen LogP contribution in [-0.4, -0.2) is 29.6 Å². The van der Waals surface area contributed by atoms with Crippen LogP contribution in [0.5, 0.6) is 0 Å². The van der Waals surface area contributed by atoms with E-state index in [9.17, 15) is 9.18 Å². The Balaban J connectivity index is 1.71. The van der Waals surface area contributed by atoms with E-state index in [2.05, 4.69) is 0 Å². The minimum atomic E-state index is -0.381. The van der Waals surface area contributed by atoms with E-state index in [4.69, 9.17) is 11.6 Å². The first-order valence-electron chi connectivity index (χ1n) is 7.56. The average molecular weight is 350 g/mol. The minimum Gasteiger partial charge on any atom is -0.338 e. The van der Waals surface area contributed by atoms with Crippen molar-refractivity contribution in [1.82, 2.24) is 4.90 Å². The van der Waals surface area contributed by atoms with E-state index in [-0.39, 0.29) is 17.0 Å². The topological polar surface area (TPSA) is 20.3 Å². The predicted octanol–water partition coefficient (Wildman–Crippen LogP) is 4.80. The van der Waals surface area contributed by atoms with Crippen molar-refractivity contribution >= 4 is 29.3 Å². The minimum absolute atomic E-state index is 0.107. The van der Waals surface area contributed by atoms with E-state index >= 15 is 0 Å². The molecule has 1 unspecified atom stereocenters. The summed E-state index contributed by atoms with van der Waals surface area (Å²) in [6.07, 6.45) is 0.843. The number of amides is 1. The molecule has 2 nitrogen and oxygen atoms in total. The molecule has 2 aromatic rings. The summed E-state index contributed by atoms with van der Waals surface area (Å²) in [7, 11) is 0. The van der Waals surface area contributed by atoms with Crippen LogP contribution < -0.4 is 0 Å². The van der Waals surface area contributed by atoms with Crippen LogP contribution in [0.25, 0.3) is 0 Å². The van der Waals surface area contributed by atoms with Gasteiger partial charge in [-0.15, -0.1) is 0 Å². The summed E-state index contributed by atoms with van der Waals surface area (Å²) in [6, 6.07) is 13.7. The first kappa shape index (κ1) is 16.3. The second kappa shape index (κ2) is 7.37. The number of hydrogen-bond acceptors (Lipinski definition) is 2. The molecule has 0 bridgehead atoms. The van der Waals surface area contributed by atoms with E-state index < -0.39 is 0 Å². The van der Waals surface area contributed by atoms with Gasteiger partial charge in [-0.05, 0) is 36.2 Å². The molecule has 0 N–H and O–H groups in total. The lowest BCUT2D eigenvalue weighted by Gasteiger charge is -2.20. The number of carbonyl (C=O) groups excluding carboxylic acids is 1. The summed E-state index contributed by atoms with van der Waals surface area (Å²) < 4.78 is 13.3. The molecule has 1 heterocycles. The molecule has 0 aromatic heterocycles. The number of carbonyl (C=O) groups is 1. The Morgan fingerprint density at radius 1 is 1.17 bits per heavy atom. The van der Waals surface area contributed by atoms with Crippen LogP contribution in [-0.2, 0) is 0 Å². The maximum absolute atomic E-state index is 13.3. The standard InChI is InChI=1S/C18H17ClFNOS/c19-16-7-2-1-6-15(16)17-8-9-21(10-11-23-17)18(22)13-4-3-5-14(20)12-13/h1-7,12,17H,8-11H2. The van der Waals surface area contributed by atoms with Crippen molar-refractivity contribution in [2.24, 2.45) is 0 Å². The molecule has 0 aliphatic carbocycles. The van der Waals surface area contributed by atoms with Gasteiger partial charge in [-0.1, -0.05) is 35.9 Å². The Bertz CT molecular complexity index is 709. The summed E-state index contributed by atoms with van der Waals surface area (Å²) in [5, 5.41) is 1.06. The molecule has 2 aromatic carbocycles. The van der Waals surface area contributed by atoms with Crippen molar-refractivity contribution < 1.29 is 9.18 Å². The largest absolute Gasteiger partial charge is 0.338 e. The summed E-state index contributed by atoms with van der Waals surface area (Å²) in [5.41, 5.74) is 1.53. The van der Waals surface area contributed by atoms with Crippen LogP contribution in [0.1, 0.15) is 27.6 Å². The fourth-order valence-electron chi connectivity index (χ4n) is 2.76. The zero-order valence-corrected chi connectivity index (χ0v) is 14.1. The predicted molar refractivity (Wildman–Crippen MR) is 93.6 cm³/mol. The van der Waals surface area contributed by atoms with Crippen molar-refractivity contribution in [1.29, 1.82) is 0 Å². The molecule has 0 radical (unpaired) electrons. The van der Waals surface area contributed by atoms with Gasteiger partial charge in [-0.2, -0.15) is 11.8 Å². The number of halogens is 2. The second-order valence-corrected chi connectivity index (χ2v) is 7.19. The monoisotopic (exact) mass is 349 g/mol. The number of rotatable bonds is 2. The lowest BCUT2D eigenvalue weighted by molar-refractivity contribution is 0.0766.